The van der Waals surface area contributed by atoms with Gasteiger partial charge in [0, 0.05) is 0 Å². The Morgan fingerprint density at radius 3 is 2.48 bits per heavy atom. The number of aryl methyl sites for hydroxylation is 1. The molecule has 0 aliphatic carbocycles. The van der Waals surface area contributed by atoms with Gasteiger partial charge in [-0.25, -0.2) is 5.14 Å². The van der Waals surface area contributed by atoms with Crippen molar-refractivity contribution in [2.75, 3.05) is 7.11 Å². The van der Waals surface area contributed by atoms with Gasteiger partial charge in [-0.05, 0) is 25.0 Å². The molecule has 0 saturated carbocycles. The summed E-state index contributed by atoms with van der Waals surface area (Å²) >= 11 is 0. The first-order valence-corrected chi connectivity index (χ1v) is 7.83. The van der Waals surface area contributed by atoms with Crippen LogP contribution in [0.4, 0.5) is 0 Å². The number of ether oxygens (including phenoxy) is 1. The summed E-state index contributed by atoms with van der Waals surface area (Å²) in [6.45, 7) is 9.57. The molecule has 1 atom stereocenters. The fraction of sp³-hybridized carbons (Fsp3) is 0.462. The molecule has 21 heavy (non-hydrogen) atoms. The standard InChI is InChI=1S/C13H21N3O4S/c1-8(2)12(11-7-6-9(3)20-11)15-10(4)13(19-5)16-21(14,17)18/h6-8,12,15H,4H2,1-3,5H3,(H2,14,17,18)/b16-13+/t12-/m1/s1. The molecule has 0 bridgehead atoms. The van der Waals surface area contributed by atoms with Crippen LogP contribution < -0.4 is 10.5 Å². The molecule has 0 radical (unpaired) electrons. The molecule has 1 aromatic heterocycles. The number of nitrogens with zero attached hydrogens (tertiary/aromatic N) is 1. The summed E-state index contributed by atoms with van der Waals surface area (Å²) in [5, 5.41) is 7.93. The molecule has 3 N–H and O–H groups in total. The minimum Gasteiger partial charge on any atom is -0.479 e. The maximum atomic E-state index is 11.0. The van der Waals surface area contributed by atoms with Crippen molar-refractivity contribution in [1.29, 1.82) is 0 Å². The van der Waals surface area contributed by atoms with E-state index in [-0.39, 0.29) is 23.6 Å². The van der Waals surface area contributed by atoms with Gasteiger partial charge >= 0.3 is 10.2 Å². The molecule has 0 spiro atoms. The third-order valence-corrected chi connectivity index (χ3v) is 3.15. The lowest BCUT2D eigenvalue weighted by atomic mass is 10.0. The summed E-state index contributed by atoms with van der Waals surface area (Å²) in [6, 6.07) is 3.50. The number of hydrogen-bond acceptors (Lipinski definition) is 5. The third kappa shape index (κ3) is 5.24. The predicted molar refractivity (Wildman–Crippen MR) is 80.9 cm³/mol. The van der Waals surface area contributed by atoms with Crippen LogP contribution in [0, 0.1) is 12.8 Å². The van der Waals surface area contributed by atoms with E-state index in [0.717, 1.165) is 11.5 Å². The van der Waals surface area contributed by atoms with Crippen LogP contribution in [-0.4, -0.2) is 21.4 Å². The Bertz CT molecular complexity index is 632. The molecule has 1 aromatic rings. The van der Waals surface area contributed by atoms with Gasteiger partial charge in [-0.3, -0.25) is 0 Å². The molecule has 0 aliphatic rings. The van der Waals surface area contributed by atoms with Gasteiger partial charge in [0.2, 0.25) is 5.90 Å². The summed E-state index contributed by atoms with van der Waals surface area (Å²) in [7, 11) is -2.77. The molecule has 0 amide bonds. The summed E-state index contributed by atoms with van der Waals surface area (Å²) in [5.41, 5.74) is 0.208. The monoisotopic (exact) mass is 315 g/mol. The van der Waals surface area contributed by atoms with Gasteiger partial charge in [-0.15, -0.1) is 4.40 Å². The second kappa shape index (κ2) is 6.77. The zero-order valence-electron chi connectivity index (χ0n) is 12.6. The van der Waals surface area contributed by atoms with E-state index in [4.69, 9.17) is 14.3 Å². The first-order valence-electron chi connectivity index (χ1n) is 6.33. The predicted octanol–water partition coefficient (Wildman–Crippen LogP) is 1.64. The Morgan fingerprint density at radius 1 is 1.48 bits per heavy atom. The van der Waals surface area contributed by atoms with Crippen molar-refractivity contribution in [3.8, 4) is 0 Å². The summed E-state index contributed by atoms with van der Waals surface area (Å²) in [5.74, 6) is 1.48. The van der Waals surface area contributed by atoms with Crippen molar-refractivity contribution >= 4 is 16.1 Å². The van der Waals surface area contributed by atoms with Gasteiger partial charge in [0.25, 0.3) is 0 Å². The highest BCUT2D eigenvalue weighted by Crippen LogP contribution is 2.24. The second-order valence-corrected chi connectivity index (χ2v) is 6.12. The average Bonchev–Trinajstić information content (AvgIpc) is 2.77. The van der Waals surface area contributed by atoms with E-state index in [1.165, 1.54) is 7.11 Å². The molecule has 8 heteroatoms. The van der Waals surface area contributed by atoms with Crippen LogP contribution in [0.5, 0.6) is 0 Å². The van der Waals surface area contributed by atoms with Gasteiger partial charge in [-0.1, -0.05) is 20.4 Å². The normalized spacial score (nSPS) is 14.1. The Balaban J connectivity index is 2.99. The van der Waals surface area contributed by atoms with Crippen LogP contribution in [0.15, 0.2) is 33.2 Å². The highest BCUT2D eigenvalue weighted by molar-refractivity contribution is 7.88. The van der Waals surface area contributed by atoms with Gasteiger partial charge in [-0.2, -0.15) is 8.42 Å². The van der Waals surface area contributed by atoms with Gasteiger partial charge in [0.05, 0.1) is 18.8 Å². The van der Waals surface area contributed by atoms with Crippen molar-refractivity contribution in [2.24, 2.45) is 15.5 Å². The molecule has 0 saturated heterocycles. The summed E-state index contributed by atoms with van der Waals surface area (Å²) in [6.07, 6.45) is 0. The lowest BCUT2D eigenvalue weighted by Crippen LogP contribution is -2.29. The maximum absolute atomic E-state index is 11.0. The molecule has 1 rings (SSSR count). The average molecular weight is 315 g/mol. The van der Waals surface area contributed by atoms with Gasteiger partial charge in [0.15, 0.2) is 0 Å². The summed E-state index contributed by atoms with van der Waals surface area (Å²) in [4.78, 5) is 0. The molecule has 0 unspecified atom stereocenters. The second-order valence-electron chi connectivity index (χ2n) is 4.91. The van der Waals surface area contributed by atoms with E-state index in [1.54, 1.807) is 0 Å². The van der Waals surface area contributed by atoms with Crippen LogP contribution >= 0.6 is 0 Å². The van der Waals surface area contributed by atoms with Crippen molar-refractivity contribution in [3.05, 3.63) is 35.9 Å². The van der Waals surface area contributed by atoms with Crippen molar-refractivity contribution in [1.82, 2.24) is 5.32 Å². The first-order chi connectivity index (χ1) is 9.64. The molecule has 0 aliphatic heterocycles. The fourth-order valence-corrected chi connectivity index (χ4v) is 2.18. The van der Waals surface area contributed by atoms with Gasteiger partial charge in [0.1, 0.15) is 11.5 Å². The third-order valence-electron chi connectivity index (χ3n) is 2.73. The molecule has 0 aromatic carbocycles. The number of furan rings is 1. The molecule has 118 valence electrons. The first kappa shape index (κ1) is 17.3. The lowest BCUT2D eigenvalue weighted by Gasteiger charge is -2.22. The molecule has 7 nitrogen and oxygen atoms in total. The minimum atomic E-state index is -4.06. The van der Waals surface area contributed by atoms with Crippen LogP contribution in [0.1, 0.15) is 31.4 Å². The molecule has 0 fully saturated rings. The van der Waals surface area contributed by atoms with E-state index in [1.807, 2.05) is 32.9 Å². The van der Waals surface area contributed by atoms with Crippen molar-refractivity contribution in [3.63, 3.8) is 0 Å². The quantitative estimate of drug-likeness (QED) is 0.613. The van der Waals surface area contributed by atoms with E-state index >= 15 is 0 Å². The largest absolute Gasteiger partial charge is 0.479 e. The fourth-order valence-electron chi connectivity index (χ4n) is 1.77. The number of hydrogen-bond donors (Lipinski definition) is 2. The highest BCUT2D eigenvalue weighted by atomic mass is 32.2. The number of nitrogens with two attached hydrogens (primary N) is 1. The Labute approximate surface area is 125 Å². The Kier molecular flexibility index (Phi) is 5.56. The zero-order chi connectivity index (χ0) is 16.2. The van der Waals surface area contributed by atoms with Crippen LogP contribution in [-0.2, 0) is 14.9 Å². The van der Waals surface area contributed by atoms with E-state index in [9.17, 15) is 8.42 Å². The van der Waals surface area contributed by atoms with Gasteiger partial charge < -0.3 is 14.5 Å². The van der Waals surface area contributed by atoms with Crippen LogP contribution in [0.2, 0.25) is 0 Å². The molecular formula is C13H21N3O4S. The lowest BCUT2D eigenvalue weighted by molar-refractivity contribution is 0.348. The van der Waals surface area contributed by atoms with E-state index in [2.05, 4.69) is 16.3 Å². The van der Waals surface area contributed by atoms with Crippen molar-refractivity contribution in [2.45, 2.75) is 26.8 Å². The number of methoxy groups -OCH3 is 1. The SMILES string of the molecule is C=C(N[C@@H](c1ccc(C)o1)C(C)C)/C(=N\S(N)(=O)=O)OC. The highest BCUT2D eigenvalue weighted by Gasteiger charge is 2.22. The zero-order valence-corrected chi connectivity index (χ0v) is 13.4. The van der Waals surface area contributed by atoms with Crippen LogP contribution in [0.3, 0.4) is 0 Å². The summed E-state index contributed by atoms with van der Waals surface area (Å²) < 4.78 is 35.8. The Morgan fingerprint density at radius 2 is 2.10 bits per heavy atom. The van der Waals surface area contributed by atoms with E-state index < -0.39 is 10.2 Å². The number of nitrogens with one attached hydrogen (secondary N) is 1. The van der Waals surface area contributed by atoms with E-state index in [0.29, 0.717) is 0 Å². The minimum absolute atomic E-state index is 0.167. The Hall–Kier alpha value is -1.80. The topological polar surface area (TPSA) is 107 Å². The smallest absolute Gasteiger partial charge is 0.320 e. The molecule has 1 heterocycles. The number of rotatable bonds is 6. The van der Waals surface area contributed by atoms with Crippen molar-refractivity contribution < 1.29 is 17.6 Å². The van der Waals surface area contributed by atoms with Crippen LogP contribution in [0.25, 0.3) is 0 Å². The maximum Gasteiger partial charge on any atom is 0.320 e. The molecular weight excluding hydrogens is 294 g/mol.